The highest BCUT2D eigenvalue weighted by molar-refractivity contribution is 9.10. The van der Waals surface area contributed by atoms with E-state index >= 15 is 8.78 Å². The maximum Gasteiger partial charge on any atom is 0.213 e. The molecule has 0 spiro atoms. The van der Waals surface area contributed by atoms with Crippen LogP contribution in [0.4, 0.5) is 14.5 Å². The SMILES string of the molecule is NC1(C2=CC=CC(F)(Br)C2OCc2ccccc2)N=CNc2cc(F)c(C3(CCCNCCS(=O)(=O)c4ccccc4)CC=CO3)cc21. The first-order valence-electron chi connectivity index (χ1n) is 15.7. The van der Waals surface area contributed by atoms with Gasteiger partial charge in [0.25, 0.3) is 0 Å². The number of halogens is 3. The zero-order valence-corrected chi connectivity index (χ0v) is 28.5. The van der Waals surface area contributed by atoms with Crippen LogP contribution in [0.1, 0.15) is 36.0 Å². The molecule has 0 bridgehead atoms. The highest BCUT2D eigenvalue weighted by atomic mass is 79.9. The van der Waals surface area contributed by atoms with Crippen LogP contribution in [0.2, 0.25) is 0 Å². The van der Waals surface area contributed by atoms with E-state index in [0.717, 1.165) is 5.56 Å². The third kappa shape index (κ3) is 7.04. The summed E-state index contributed by atoms with van der Waals surface area (Å²) in [7, 11) is -3.40. The smallest absolute Gasteiger partial charge is 0.213 e. The lowest BCUT2D eigenvalue weighted by molar-refractivity contribution is 0.00681. The molecule has 48 heavy (non-hydrogen) atoms. The number of rotatable bonds is 13. The zero-order chi connectivity index (χ0) is 33.8. The number of anilines is 1. The van der Waals surface area contributed by atoms with Gasteiger partial charge in [0.1, 0.15) is 17.5 Å². The lowest BCUT2D eigenvalue weighted by Gasteiger charge is -2.41. The predicted molar refractivity (Wildman–Crippen MR) is 187 cm³/mol. The molecule has 12 heteroatoms. The molecule has 4 N–H and O–H groups in total. The van der Waals surface area contributed by atoms with E-state index in [4.69, 9.17) is 15.2 Å². The molecule has 0 saturated carbocycles. The summed E-state index contributed by atoms with van der Waals surface area (Å²) in [6.07, 6.45) is 9.68. The standard InChI is InChI=1S/C36H37BrF2N4O4S/c37-35(39)17-7-14-28(33(35)46-24-26-10-3-1-4-11-26)36(40)30-22-29(31(38)23-32(30)42-25-43-36)34(16-9-20-47-34)15-8-18-41-19-21-48(44,45)27-12-5-2-6-13-27/h1-7,9-14,17,20,22-23,25,33,41H,8,15-16,18-19,21,24,40H2,(H,42,43). The number of nitrogens with one attached hydrogen (secondary N) is 2. The Morgan fingerprint density at radius 2 is 1.83 bits per heavy atom. The quantitative estimate of drug-likeness (QED) is 0.135. The number of nitrogens with zero attached hydrogens (tertiary/aromatic N) is 1. The molecule has 3 aliphatic rings. The largest absolute Gasteiger partial charge is 0.490 e. The molecule has 2 heterocycles. The number of ether oxygens (including phenoxy) is 2. The third-order valence-corrected chi connectivity index (χ3v) is 11.3. The predicted octanol–water partition coefficient (Wildman–Crippen LogP) is 6.51. The molecular weight excluding hydrogens is 702 g/mol. The van der Waals surface area contributed by atoms with Crippen LogP contribution in [0.15, 0.2) is 119 Å². The molecule has 1 aliphatic carbocycles. The summed E-state index contributed by atoms with van der Waals surface area (Å²) in [5, 5.41) is 6.19. The minimum Gasteiger partial charge on any atom is -0.490 e. The van der Waals surface area contributed by atoms with Crippen LogP contribution in [-0.4, -0.2) is 44.3 Å². The minimum atomic E-state index is -3.40. The fourth-order valence-corrected chi connectivity index (χ4v) is 8.07. The van der Waals surface area contributed by atoms with Crippen LogP contribution < -0.4 is 16.4 Å². The highest BCUT2D eigenvalue weighted by Gasteiger charge is 2.49. The summed E-state index contributed by atoms with van der Waals surface area (Å²) >= 11 is 3.19. The average molecular weight is 740 g/mol. The van der Waals surface area contributed by atoms with Crippen LogP contribution >= 0.6 is 15.9 Å². The number of hydrogen-bond acceptors (Lipinski definition) is 8. The second-order valence-electron chi connectivity index (χ2n) is 12.1. The Morgan fingerprint density at radius 3 is 2.56 bits per heavy atom. The number of nitrogens with two attached hydrogens (primary N) is 1. The van der Waals surface area contributed by atoms with Gasteiger partial charge in [-0.1, -0.05) is 60.7 Å². The Bertz CT molecular complexity index is 1840. The number of hydrogen-bond donors (Lipinski definition) is 3. The summed E-state index contributed by atoms with van der Waals surface area (Å²) < 4.78 is 67.4. The number of aliphatic imine (C=N–C) groups is 1. The lowest BCUT2D eigenvalue weighted by atomic mass is 9.79. The van der Waals surface area contributed by atoms with Crippen LogP contribution in [0.5, 0.6) is 0 Å². The van der Waals surface area contributed by atoms with Crippen LogP contribution in [0.3, 0.4) is 0 Å². The Kier molecular flexibility index (Phi) is 10.0. The molecule has 3 aromatic carbocycles. The van der Waals surface area contributed by atoms with Crippen molar-refractivity contribution < 1.29 is 26.7 Å². The number of alkyl halides is 2. The zero-order valence-electron chi connectivity index (χ0n) is 26.1. The molecule has 2 aliphatic heterocycles. The van der Waals surface area contributed by atoms with Crippen molar-refractivity contribution in [2.75, 3.05) is 24.2 Å². The first-order chi connectivity index (χ1) is 23.0. The van der Waals surface area contributed by atoms with Crippen LogP contribution in [0.25, 0.3) is 0 Å². The van der Waals surface area contributed by atoms with Gasteiger partial charge in [0.05, 0.1) is 29.9 Å². The van der Waals surface area contributed by atoms with Crippen molar-refractivity contribution in [3.63, 3.8) is 0 Å². The van der Waals surface area contributed by atoms with E-state index < -0.39 is 37.6 Å². The maximum absolute atomic E-state index is 16.0. The van der Waals surface area contributed by atoms with Gasteiger partial charge >= 0.3 is 0 Å². The molecular formula is C36H37BrF2N4O4S. The molecule has 3 aromatic rings. The Labute approximate surface area is 287 Å². The van der Waals surface area contributed by atoms with Gasteiger partial charge in [-0.3, -0.25) is 5.73 Å². The topological polar surface area (TPSA) is 115 Å². The van der Waals surface area contributed by atoms with Crippen molar-refractivity contribution >= 4 is 37.8 Å². The van der Waals surface area contributed by atoms with Crippen molar-refractivity contribution in [2.24, 2.45) is 10.7 Å². The average Bonchev–Trinajstić information content (AvgIpc) is 3.56. The summed E-state index contributed by atoms with van der Waals surface area (Å²) in [4.78, 5) is 4.88. The summed E-state index contributed by atoms with van der Waals surface area (Å²) in [5.41, 5.74) is 6.80. The summed E-state index contributed by atoms with van der Waals surface area (Å²) in [5.74, 6) is -0.527. The molecule has 4 atom stereocenters. The molecule has 6 rings (SSSR count). The molecule has 0 radical (unpaired) electrons. The van der Waals surface area contributed by atoms with E-state index in [1.165, 1.54) is 18.5 Å². The van der Waals surface area contributed by atoms with E-state index in [-0.39, 0.29) is 23.8 Å². The fraction of sp³-hybridized carbons (Fsp3) is 0.306. The van der Waals surface area contributed by atoms with E-state index in [1.807, 2.05) is 36.4 Å². The first kappa shape index (κ1) is 34.2. The van der Waals surface area contributed by atoms with Gasteiger partial charge in [0.2, 0.25) is 4.58 Å². The van der Waals surface area contributed by atoms with Gasteiger partial charge < -0.3 is 20.1 Å². The summed E-state index contributed by atoms with van der Waals surface area (Å²) in [6.45, 7) is 0.900. The molecule has 0 aromatic heterocycles. The Morgan fingerprint density at radius 1 is 1.08 bits per heavy atom. The summed E-state index contributed by atoms with van der Waals surface area (Å²) in [6, 6.07) is 20.8. The van der Waals surface area contributed by atoms with Gasteiger partial charge in [0, 0.05) is 35.4 Å². The third-order valence-electron chi connectivity index (χ3n) is 8.84. The van der Waals surface area contributed by atoms with Crippen molar-refractivity contribution in [2.45, 2.75) is 52.7 Å². The highest BCUT2D eigenvalue weighted by Crippen LogP contribution is 2.48. The molecule has 252 valence electrons. The van der Waals surface area contributed by atoms with E-state index in [1.54, 1.807) is 54.8 Å². The number of allylic oxidation sites excluding steroid dienone is 2. The van der Waals surface area contributed by atoms with Gasteiger partial charge in [-0.15, -0.1) is 0 Å². The minimum absolute atomic E-state index is 0.0403. The molecule has 0 fully saturated rings. The molecule has 0 saturated heterocycles. The van der Waals surface area contributed by atoms with Gasteiger partial charge in [0.15, 0.2) is 15.5 Å². The van der Waals surface area contributed by atoms with Crippen molar-refractivity contribution in [1.29, 1.82) is 0 Å². The van der Waals surface area contributed by atoms with Gasteiger partial charge in [-0.25, -0.2) is 22.2 Å². The number of sulfone groups is 1. The maximum atomic E-state index is 16.0. The van der Waals surface area contributed by atoms with E-state index in [0.29, 0.717) is 48.2 Å². The van der Waals surface area contributed by atoms with E-state index in [9.17, 15) is 8.42 Å². The van der Waals surface area contributed by atoms with Crippen LogP contribution in [0, 0.1) is 5.82 Å². The number of fused-ring (bicyclic) bond motifs is 1. The molecule has 8 nitrogen and oxygen atoms in total. The van der Waals surface area contributed by atoms with E-state index in [2.05, 4.69) is 31.6 Å². The number of benzene rings is 3. The van der Waals surface area contributed by atoms with Crippen LogP contribution in [-0.2, 0) is 37.2 Å². The first-order valence-corrected chi connectivity index (χ1v) is 18.2. The van der Waals surface area contributed by atoms with Crippen molar-refractivity contribution in [1.82, 2.24) is 5.32 Å². The fourth-order valence-electron chi connectivity index (χ4n) is 6.31. The Hall–Kier alpha value is -3.68. The second kappa shape index (κ2) is 14.0. The van der Waals surface area contributed by atoms with Crippen molar-refractivity contribution in [3.05, 3.63) is 131 Å². The van der Waals surface area contributed by atoms with Gasteiger partial charge in [-0.2, -0.15) is 0 Å². The van der Waals surface area contributed by atoms with Crippen molar-refractivity contribution in [3.8, 4) is 0 Å². The molecule has 0 amide bonds. The van der Waals surface area contributed by atoms with Gasteiger partial charge in [-0.05, 0) is 77.3 Å². The second-order valence-corrected chi connectivity index (χ2v) is 15.4. The normalized spacial score (nSPS) is 26.1. The molecule has 4 unspecified atom stereocenters. The lowest BCUT2D eigenvalue weighted by Crippen LogP contribution is -2.49. The monoisotopic (exact) mass is 738 g/mol. The Balaban J connectivity index is 1.21.